The monoisotopic (exact) mass is 186 g/mol. The number of aromatic nitrogens is 3. The number of hydrazine groups is 1. The number of rotatable bonds is 1. The van der Waals surface area contributed by atoms with Crippen LogP contribution in [0.15, 0.2) is 12.7 Å². The molecule has 0 bridgehead atoms. The van der Waals surface area contributed by atoms with Crippen LogP contribution in [0, 0.1) is 21.6 Å². The van der Waals surface area contributed by atoms with Crippen LogP contribution in [0.4, 0.5) is 0 Å². The molecule has 0 atom stereocenters. The summed E-state index contributed by atoms with van der Waals surface area (Å²) in [5, 5.41) is 19.3. The second kappa shape index (κ2) is 5.30. The van der Waals surface area contributed by atoms with Gasteiger partial charge in [0.15, 0.2) is 5.03 Å². The third-order valence-electron chi connectivity index (χ3n) is 0.809. The summed E-state index contributed by atoms with van der Waals surface area (Å²) < 4.78 is 3.01. The molecule has 0 aliphatic heterocycles. The van der Waals surface area contributed by atoms with Crippen molar-refractivity contribution in [3.8, 4) is 6.19 Å². The van der Waals surface area contributed by atoms with Crippen LogP contribution in [0.1, 0.15) is 0 Å². The molecule has 0 saturated carbocycles. The number of nitrogens with one attached hydrogen (secondary N) is 1. The minimum Gasteiger partial charge on any atom is -0.268 e. The van der Waals surface area contributed by atoms with Crippen LogP contribution in [-0.2, 0) is 7.05 Å². The first-order valence-corrected chi connectivity index (χ1v) is 3.00. The van der Waals surface area contributed by atoms with Gasteiger partial charge < -0.3 is 0 Å². The van der Waals surface area contributed by atoms with Gasteiger partial charge in [0.05, 0.1) is 0 Å². The molecule has 0 amide bonds. The molecule has 0 aromatic carbocycles. The molecule has 1 heterocycles. The summed E-state index contributed by atoms with van der Waals surface area (Å²) in [4.78, 5) is 9.07. The van der Waals surface area contributed by atoms with Crippen molar-refractivity contribution >= 4 is 0 Å². The van der Waals surface area contributed by atoms with Gasteiger partial charge in [-0.1, -0.05) is 0 Å². The van der Waals surface area contributed by atoms with Gasteiger partial charge in [-0.25, -0.2) is 10.1 Å². The largest absolute Gasteiger partial charge is 0.288 e. The predicted octanol–water partition coefficient (Wildman–Crippen LogP) is -2.33. The van der Waals surface area contributed by atoms with Crippen LogP contribution < -0.4 is 16.0 Å². The molecule has 13 heavy (non-hydrogen) atoms. The Morgan fingerprint density at radius 2 is 2.54 bits per heavy atom. The summed E-state index contributed by atoms with van der Waals surface area (Å²) in [5.74, 6) is 5.21. The normalized spacial score (nSPS) is 7.69. The zero-order valence-corrected chi connectivity index (χ0v) is 6.78. The molecular formula is C4H8N7O2+. The lowest BCUT2D eigenvalue weighted by atomic mass is 11.2. The van der Waals surface area contributed by atoms with Crippen molar-refractivity contribution in [2.24, 2.45) is 7.05 Å². The first-order chi connectivity index (χ1) is 6.06. The molecule has 9 nitrogen and oxygen atoms in total. The summed E-state index contributed by atoms with van der Waals surface area (Å²) in [6, 6.07) is 0. The molecule has 0 unspecified atom stereocenters. The molecule has 0 aliphatic rings. The van der Waals surface area contributed by atoms with E-state index in [0.717, 1.165) is 6.19 Å². The highest BCUT2D eigenvalue weighted by Crippen LogP contribution is 1.59. The topological polar surface area (TPSA) is 127 Å². The van der Waals surface area contributed by atoms with Crippen molar-refractivity contribution in [1.82, 2.24) is 15.2 Å². The highest BCUT2D eigenvalue weighted by Gasteiger charge is 1.90. The van der Waals surface area contributed by atoms with E-state index >= 15 is 0 Å². The van der Waals surface area contributed by atoms with Gasteiger partial charge in [0.25, 0.3) is 6.33 Å². The van der Waals surface area contributed by atoms with Crippen molar-refractivity contribution < 1.29 is 9.71 Å². The maximum absolute atomic E-state index is 9.07. The SMILES string of the molecule is C[n+]1cn(N)cn1.N#CN[N+](=O)[O-]. The van der Waals surface area contributed by atoms with Crippen molar-refractivity contribution in [1.29, 1.82) is 5.26 Å². The number of nitrogen functional groups attached to an aromatic ring is 1. The molecule has 3 N–H and O–H groups in total. The number of nitrogens with two attached hydrogens (primary N) is 1. The maximum Gasteiger partial charge on any atom is 0.288 e. The Bertz CT molecular complexity index is 296. The van der Waals surface area contributed by atoms with Gasteiger partial charge in [0, 0.05) is 0 Å². The Morgan fingerprint density at radius 3 is 2.62 bits per heavy atom. The zero-order chi connectivity index (χ0) is 10.3. The minimum absolute atomic E-state index is 0.931. The third-order valence-corrected chi connectivity index (χ3v) is 0.809. The molecule has 0 spiro atoms. The predicted molar refractivity (Wildman–Crippen MR) is 39.3 cm³/mol. The van der Waals surface area contributed by atoms with Gasteiger partial charge in [-0.15, -0.1) is 9.36 Å². The highest BCUT2D eigenvalue weighted by atomic mass is 16.7. The molecule has 70 valence electrons. The number of nitro groups is 1. The number of hydrogen-bond donors (Lipinski definition) is 2. The fraction of sp³-hybridized carbons (Fsp3) is 0.250. The molecular weight excluding hydrogens is 178 g/mol. The Kier molecular flexibility index (Phi) is 4.34. The van der Waals surface area contributed by atoms with E-state index in [-0.39, 0.29) is 0 Å². The average Bonchev–Trinajstić information content (AvgIpc) is 2.35. The van der Waals surface area contributed by atoms with E-state index in [9.17, 15) is 0 Å². The van der Waals surface area contributed by atoms with E-state index in [1.807, 2.05) is 7.05 Å². The van der Waals surface area contributed by atoms with Crippen LogP contribution in [0.3, 0.4) is 0 Å². The summed E-state index contributed by atoms with van der Waals surface area (Å²) >= 11 is 0. The summed E-state index contributed by atoms with van der Waals surface area (Å²) in [6.45, 7) is 0. The highest BCUT2D eigenvalue weighted by molar-refractivity contribution is 4.51. The third kappa shape index (κ3) is 6.05. The second-order valence-corrected chi connectivity index (χ2v) is 1.85. The van der Waals surface area contributed by atoms with Gasteiger partial charge in [-0.3, -0.25) is 5.84 Å². The molecule has 1 aromatic heterocycles. The van der Waals surface area contributed by atoms with E-state index in [1.54, 1.807) is 11.0 Å². The first-order valence-electron chi connectivity index (χ1n) is 3.00. The molecule has 1 rings (SSSR count). The quantitative estimate of drug-likeness (QED) is 0.126. The molecule has 0 saturated heterocycles. The van der Waals surface area contributed by atoms with Crippen LogP contribution in [0.2, 0.25) is 0 Å². The number of hydrogen-bond acceptors (Lipinski definition) is 5. The van der Waals surface area contributed by atoms with Crippen molar-refractivity contribution in [3.05, 3.63) is 22.8 Å². The second-order valence-electron chi connectivity index (χ2n) is 1.85. The zero-order valence-electron chi connectivity index (χ0n) is 6.78. The standard InChI is InChI=1S/C3H7N4.CHN3O2/c1-6-3-7(4)2-5-6;2-1-3-4(5)6/h2-3H,4H2,1H3;3H/q+1;. The molecule has 0 fully saturated rings. The Balaban J connectivity index is 0.000000226. The van der Waals surface area contributed by atoms with Crippen LogP contribution in [0.25, 0.3) is 0 Å². The van der Waals surface area contributed by atoms with Gasteiger partial charge in [0.2, 0.25) is 12.5 Å². The van der Waals surface area contributed by atoms with Crippen LogP contribution in [-0.4, -0.2) is 14.8 Å². The van der Waals surface area contributed by atoms with E-state index < -0.39 is 5.03 Å². The molecule has 0 aliphatic carbocycles. The first kappa shape index (κ1) is 10.6. The van der Waals surface area contributed by atoms with Crippen molar-refractivity contribution in [2.45, 2.75) is 0 Å². The smallest absolute Gasteiger partial charge is 0.268 e. The minimum atomic E-state index is -0.931. The lowest BCUT2D eigenvalue weighted by Gasteiger charge is -1.73. The lowest BCUT2D eigenvalue weighted by Crippen LogP contribution is -2.29. The summed E-state index contributed by atoms with van der Waals surface area (Å²) in [5.41, 5.74) is 1.24. The maximum atomic E-state index is 9.07. The Labute approximate surface area is 73.1 Å². The summed E-state index contributed by atoms with van der Waals surface area (Å²) in [6.07, 6.45) is 4.31. The van der Waals surface area contributed by atoms with Gasteiger partial charge in [0.1, 0.15) is 7.05 Å². The van der Waals surface area contributed by atoms with E-state index in [1.165, 1.54) is 16.4 Å². The van der Waals surface area contributed by atoms with Crippen molar-refractivity contribution in [3.63, 3.8) is 0 Å². The van der Waals surface area contributed by atoms with Gasteiger partial charge in [-0.2, -0.15) is 5.26 Å². The number of nitriles is 1. The average molecular weight is 186 g/mol. The Hall–Kier alpha value is -2.37. The molecule has 9 heteroatoms. The fourth-order valence-electron chi connectivity index (χ4n) is 0.434. The number of nitrogens with zero attached hydrogens (tertiary/aromatic N) is 5. The summed E-state index contributed by atoms with van der Waals surface area (Å²) in [7, 11) is 1.81. The van der Waals surface area contributed by atoms with Crippen LogP contribution in [0.5, 0.6) is 0 Å². The lowest BCUT2D eigenvalue weighted by molar-refractivity contribution is -0.728. The fourth-order valence-corrected chi connectivity index (χ4v) is 0.434. The molecule has 0 radical (unpaired) electrons. The number of aryl methyl sites for hydroxylation is 1. The van der Waals surface area contributed by atoms with Gasteiger partial charge >= 0.3 is 0 Å². The van der Waals surface area contributed by atoms with E-state index in [0.29, 0.717) is 0 Å². The van der Waals surface area contributed by atoms with Crippen LogP contribution >= 0.6 is 0 Å². The molecule has 1 aromatic rings. The van der Waals surface area contributed by atoms with E-state index in [2.05, 4.69) is 5.10 Å². The Morgan fingerprint density at radius 1 is 1.92 bits per heavy atom. The van der Waals surface area contributed by atoms with Crippen molar-refractivity contribution in [2.75, 3.05) is 5.84 Å². The van der Waals surface area contributed by atoms with Gasteiger partial charge in [-0.05, 0) is 10.5 Å². The van der Waals surface area contributed by atoms with E-state index in [4.69, 9.17) is 21.2 Å².